The predicted octanol–water partition coefficient (Wildman–Crippen LogP) is 1.14. The van der Waals surface area contributed by atoms with Gasteiger partial charge in [0, 0.05) is 12.6 Å². The van der Waals surface area contributed by atoms with E-state index in [1.807, 2.05) is 4.68 Å². The Bertz CT molecular complexity index is 426. The van der Waals surface area contributed by atoms with Gasteiger partial charge in [0.25, 0.3) is 5.91 Å². The van der Waals surface area contributed by atoms with E-state index in [0.29, 0.717) is 17.7 Å². The largest absolute Gasteiger partial charge is 0.370 e. The van der Waals surface area contributed by atoms with Crippen molar-refractivity contribution in [3.8, 4) is 0 Å². The monoisotopic (exact) mass is 220 g/mol. The van der Waals surface area contributed by atoms with Gasteiger partial charge in [-0.15, -0.1) is 0 Å². The zero-order chi connectivity index (χ0) is 11.1. The molecule has 5 nitrogen and oxygen atoms in total. The highest BCUT2D eigenvalue weighted by Gasteiger charge is 2.32. The molecule has 1 fully saturated rings. The van der Waals surface area contributed by atoms with Crippen molar-refractivity contribution in [3.63, 3.8) is 0 Å². The Morgan fingerprint density at radius 3 is 3.12 bits per heavy atom. The molecule has 16 heavy (non-hydrogen) atoms. The molecule has 0 bridgehead atoms. The first kappa shape index (κ1) is 9.69. The fourth-order valence-corrected chi connectivity index (χ4v) is 2.88. The van der Waals surface area contributed by atoms with Gasteiger partial charge in [-0.3, -0.25) is 4.79 Å². The number of hydrogen-bond acceptors (Lipinski definition) is 3. The van der Waals surface area contributed by atoms with Gasteiger partial charge in [0.1, 0.15) is 5.82 Å². The van der Waals surface area contributed by atoms with Gasteiger partial charge in [0.05, 0.1) is 6.04 Å². The molecule has 0 radical (unpaired) electrons. The van der Waals surface area contributed by atoms with Crippen LogP contribution >= 0.6 is 0 Å². The van der Waals surface area contributed by atoms with Crippen LogP contribution in [0.3, 0.4) is 0 Å². The third-order valence-electron chi connectivity index (χ3n) is 3.72. The molecule has 1 aliphatic carbocycles. The number of nitrogens with one attached hydrogen (secondary N) is 1. The molecule has 1 saturated carbocycles. The van der Waals surface area contributed by atoms with E-state index in [0.717, 1.165) is 12.4 Å². The van der Waals surface area contributed by atoms with Crippen molar-refractivity contribution in [3.05, 3.63) is 11.8 Å². The van der Waals surface area contributed by atoms with Crippen molar-refractivity contribution >= 4 is 11.7 Å². The molecular weight excluding hydrogens is 204 g/mol. The van der Waals surface area contributed by atoms with Crippen molar-refractivity contribution in [2.75, 3.05) is 11.9 Å². The van der Waals surface area contributed by atoms with Gasteiger partial charge < -0.3 is 11.1 Å². The second kappa shape index (κ2) is 3.50. The summed E-state index contributed by atoms with van der Waals surface area (Å²) < 4.78 is 1.97. The first-order valence-corrected chi connectivity index (χ1v) is 5.89. The van der Waals surface area contributed by atoms with Gasteiger partial charge in [-0.05, 0) is 18.8 Å². The number of amides is 1. The third-order valence-corrected chi connectivity index (χ3v) is 3.72. The molecule has 2 heterocycles. The predicted molar refractivity (Wildman–Crippen MR) is 60.2 cm³/mol. The summed E-state index contributed by atoms with van der Waals surface area (Å²) in [6.45, 7) is 0.995. The van der Waals surface area contributed by atoms with E-state index < -0.39 is 5.91 Å². The molecule has 3 rings (SSSR count). The van der Waals surface area contributed by atoms with Gasteiger partial charge in [0.15, 0.2) is 5.69 Å². The van der Waals surface area contributed by atoms with Crippen LogP contribution in [0.25, 0.3) is 0 Å². The van der Waals surface area contributed by atoms with Crippen LogP contribution in [0.1, 0.15) is 42.2 Å². The lowest BCUT2D eigenvalue weighted by Gasteiger charge is -2.36. The maximum Gasteiger partial charge on any atom is 0.269 e. The Morgan fingerprint density at radius 1 is 1.50 bits per heavy atom. The van der Waals surface area contributed by atoms with Crippen LogP contribution in [0.5, 0.6) is 0 Å². The molecule has 1 aliphatic heterocycles. The van der Waals surface area contributed by atoms with Crippen molar-refractivity contribution < 1.29 is 4.79 Å². The molecule has 2 aliphatic rings. The third kappa shape index (κ3) is 1.38. The second-order valence-corrected chi connectivity index (χ2v) is 4.72. The number of nitrogens with zero attached hydrogens (tertiary/aromatic N) is 2. The van der Waals surface area contributed by atoms with E-state index in [1.165, 1.54) is 25.7 Å². The molecule has 1 aromatic heterocycles. The zero-order valence-electron chi connectivity index (χ0n) is 9.15. The molecule has 5 heteroatoms. The van der Waals surface area contributed by atoms with Gasteiger partial charge in [-0.2, -0.15) is 5.10 Å². The lowest BCUT2D eigenvalue weighted by Crippen LogP contribution is -2.35. The number of hydrogen-bond donors (Lipinski definition) is 2. The highest BCUT2D eigenvalue weighted by atomic mass is 16.1. The number of aromatic nitrogens is 2. The molecule has 0 saturated heterocycles. The lowest BCUT2D eigenvalue weighted by atomic mass is 9.83. The summed E-state index contributed by atoms with van der Waals surface area (Å²) in [5.74, 6) is 1.15. The quantitative estimate of drug-likeness (QED) is 0.745. The number of nitrogens with two attached hydrogens (primary N) is 1. The highest BCUT2D eigenvalue weighted by molar-refractivity contribution is 5.91. The van der Waals surface area contributed by atoms with Crippen molar-refractivity contribution in [1.29, 1.82) is 0 Å². The Morgan fingerprint density at radius 2 is 2.31 bits per heavy atom. The molecule has 86 valence electrons. The average Bonchev–Trinajstić information content (AvgIpc) is 2.73. The van der Waals surface area contributed by atoms with Crippen molar-refractivity contribution in [1.82, 2.24) is 9.78 Å². The number of primary amides is 1. The smallest absolute Gasteiger partial charge is 0.269 e. The maximum atomic E-state index is 11.1. The van der Waals surface area contributed by atoms with Crippen LogP contribution in [0, 0.1) is 5.92 Å². The van der Waals surface area contributed by atoms with E-state index in [2.05, 4.69) is 10.4 Å². The fourth-order valence-electron chi connectivity index (χ4n) is 2.88. The van der Waals surface area contributed by atoms with Crippen LogP contribution < -0.4 is 11.1 Å². The Hall–Kier alpha value is -1.52. The standard InChI is InChI=1S/C11H16N4O/c12-11(16)8-5-10-13-6-7-3-1-2-4-9(7)15(10)14-8/h5,7,9,13H,1-4,6H2,(H2,12,16). The van der Waals surface area contributed by atoms with Gasteiger partial charge >= 0.3 is 0 Å². The fraction of sp³-hybridized carbons (Fsp3) is 0.636. The molecule has 0 aromatic carbocycles. The van der Waals surface area contributed by atoms with Gasteiger partial charge in [0.2, 0.25) is 0 Å². The minimum absolute atomic E-state index is 0.369. The number of fused-ring (bicyclic) bond motifs is 3. The zero-order valence-corrected chi connectivity index (χ0v) is 9.15. The van der Waals surface area contributed by atoms with Gasteiger partial charge in [-0.1, -0.05) is 12.8 Å². The summed E-state index contributed by atoms with van der Waals surface area (Å²) in [4.78, 5) is 11.1. The second-order valence-electron chi connectivity index (χ2n) is 4.72. The molecule has 2 unspecified atom stereocenters. The van der Waals surface area contributed by atoms with Crippen molar-refractivity contribution in [2.24, 2.45) is 11.7 Å². The Balaban J connectivity index is 1.97. The SMILES string of the molecule is NC(=O)c1cc2n(n1)C1CCCCC1CN2. The summed E-state index contributed by atoms with van der Waals surface area (Å²) in [6.07, 6.45) is 4.98. The number of rotatable bonds is 1. The summed E-state index contributed by atoms with van der Waals surface area (Å²) in [7, 11) is 0. The Labute approximate surface area is 94.0 Å². The molecule has 2 atom stereocenters. The summed E-state index contributed by atoms with van der Waals surface area (Å²) in [6, 6.07) is 2.21. The lowest BCUT2D eigenvalue weighted by molar-refractivity contribution is 0.0993. The van der Waals surface area contributed by atoms with Crippen LogP contribution in [0.15, 0.2) is 6.07 Å². The van der Waals surface area contributed by atoms with Crippen LogP contribution in [-0.2, 0) is 0 Å². The summed E-state index contributed by atoms with van der Waals surface area (Å²) in [5, 5.41) is 7.64. The van der Waals surface area contributed by atoms with Gasteiger partial charge in [-0.25, -0.2) is 4.68 Å². The summed E-state index contributed by atoms with van der Waals surface area (Å²) >= 11 is 0. The number of anilines is 1. The minimum Gasteiger partial charge on any atom is -0.370 e. The number of carbonyl (C=O) groups is 1. The van der Waals surface area contributed by atoms with E-state index in [9.17, 15) is 4.79 Å². The number of carbonyl (C=O) groups excluding carboxylic acids is 1. The van der Waals surface area contributed by atoms with Crippen LogP contribution in [0.2, 0.25) is 0 Å². The first-order valence-electron chi connectivity index (χ1n) is 5.89. The molecule has 0 spiro atoms. The van der Waals surface area contributed by atoms with Crippen LogP contribution in [0.4, 0.5) is 5.82 Å². The molecule has 1 aromatic rings. The Kier molecular flexibility index (Phi) is 2.12. The first-order chi connectivity index (χ1) is 7.75. The van der Waals surface area contributed by atoms with E-state index in [4.69, 9.17) is 5.73 Å². The van der Waals surface area contributed by atoms with E-state index >= 15 is 0 Å². The van der Waals surface area contributed by atoms with E-state index in [1.54, 1.807) is 6.07 Å². The minimum atomic E-state index is -0.448. The van der Waals surface area contributed by atoms with Crippen LogP contribution in [-0.4, -0.2) is 22.2 Å². The highest BCUT2D eigenvalue weighted by Crippen LogP contribution is 2.38. The molecular formula is C11H16N4O. The average molecular weight is 220 g/mol. The normalized spacial score (nSPS) is 27.8. The van der Waals surface area contributed by atoms with E-state index in [-0.39, 0.29) is 0 Å². The molecule has 1 amide bonds. The van der Waals surface area contributed by atoms with Crippen molar-refractivity contribution in [2.45, 2.75) is 31.7 Å². The topological polar surface area (TPSA) is 72.9 Å². The maximum absolute atomic E-state index is 11.1. The summed E-state index contributed by atoms with van der Waals surface area (Å²) in [5.41, 5.74) is 5.62. The molecule has 3 N–H and O–H groups in total.